The maximum atomic E-state index is 11.9. The molecule has 8 heteroatoms. The van der Waals surface area contributed by atoms with E-state index >= 15 is 0 Å². The fourth-order valence-electron chi connectivity index (χ4n) is 2.08. The molecule has 0 unspecified atom stereocenters. The van der Waals surface area contributed by atoms with Crippen molar-refractivity contribution in [2.24, 2.45) is 0 Å². The van der Waals surface area contributed by atoms with Crippen molar-refractivity contribution in [2.45, 2.75) is 18.4 Å². The highest BCUT2D eigenvalue weighted by molar-refractivity contribution is 7.12. The van der Waals surface area contributed by atoms with Gasteiger partial charge in [-0.25, -0.2) is 4.79 Å². The van der Waals surface area contributed by atoms with Gasteiger partial charge in [0, 0.05) is 26.1 Å². The molecule has 1 aromatic heterocycles. The molecule has 0 aliphatic carbocycles. The minimum absolute atomic E-state index is 0.215. The quantitative estimate of drug-likeness (QED) is 0.722. The number of amides is 2. The predicted molar refractivity (Wildman–Crippen MR) is 75.2 cm³/mol. The molecule has 1 fully saturated rings. The zero-order chi connectivity index (χ0) is 15.3. The van der Waals surface area contributed by atoms with Gasteiger partial charge in [-0.1, -0.05) is 6.07 Å². The van der Waals surface area contributed by atoms with E-state index in [0.29, 0.717) is 4.88 Å². The Morgan fingerprint density at radius 2 is 2.05 bits per heavy atom. The van der Waals surface area contributed by atoms with Gasteiger partial charge < -0.3 is 20.5 Å². The van der Waals surface area contributed by atoms with Gasteiger partial charge in [0.1, 0.15) is 5.54 Å². The van der Waals surface area contributed by atoms with E-state index in [-0.39, 0.29) is 38.5 Å². The number of nitrogens with one attached hydrogen (secondary N) is 2. The normalized spacial score (nSPS) is 17.0. The Kier molecular flexibility index (Phi) is 4.92. The maximum Gasteiger partial charge on any atom is 0.329 e. The summed E-state index contributed by atoms with van der Waals surface area (Å²) in [4.78, 5) is 35.4. The molecule has 0 bridgehead atoms. The van der Waals surface area contributed by atoms with Gasteiger partial charge in [-0.3, -0.25) is 9.59 Å². The molecule has 0 spiro atoms. The monoisotopic (exact) mass is 312 g/mol. The maximum absolute atomic E-state index is 11.9. The minimum atomic E-state index is -1.30. The molecule has 0 aromatic carbocycles. The number of hydrogen-bond acceptors (Lipinski definition) is 5. The smallest absolute Gasteiger partial charge is 0.329 e. The Balaban J connectivity index is 1.88. The molecule has 2 heterocycles. The first-order valence-corrected chi connectivity index (χ1v) is 7.35. The second kappa shape index (κ2) is 6.68. The van der Waals surface area contributed by atoms with E-state index in [4.69, 9.17) is 4.74 Å². The number of thiophene rings is 1. The molecule has 2 amide bonds. The molecule has 3 N–H and O–H groups in total. The Hall–Kier alpha value is -1.93. The van der Waals surface area contributed by atoms with Crippen LogP contribution in [0.4, 0.5) is 0 Å². The second-order valence-electron chi connectivity index (χ2n) is 4.71. The van der Waals surface area contributed by atoms with Crippen LogP contribution in [0.2, 0.25) is 0 Å². The van der Waals surface area contributed by atoms with Crippen LogP contribution in [0.25, 0.3) is 0 Å². The van der Waals surface area contributed by atoms with Crippen molar-refractivity contribution in [3.8, 4) is 0 Å². The number of rotatable bonds is 5. The number of aliphatic carboxylic acids is 1. The molecule has 2 rings (SSSR count). The van der Waals surface area contributed by atoms with Gasteiger partial charge in [0.2, 0.25) is 5.91 Å². The van der Waals surface area contributed by atoms with E-state index in [2.05, 4.69) is 10.6 Å². The molecule has 1 aliphatic heterocycles. The summed E-state index contributed by atoms with van der Waals surface area (Å²) in [5, 5.41) is 16.0. The highest BCUT2D eigenvalue weighted by atomic mass is 32.1. The highest BCUT2D eigenvalue weighted by Gasteiger charge is 2.41. The number of carboxylic acids is 1. The number of carbonyl (C=O) groups excluding carboxylic acids is 2. The molecule has 1 saturated heterocycles. The van der Waals surface area contributed by atoms with Crippen LogP contribution < -0.4 is 10.6 Å². The summed E-state index contributed by atoms with van der Waals surface area (Å²) in [6.45, 7) is 0.314. The summed E-state index contributed by atoms with van der Waals surface area (Å²) in [7, 11) is 0. The molecule has 7 nitrogen and oxygen atoms in total. The summed E-state index contributed by atoms with van der Waals surface area (Å²) in [5.41, 5.74) is -1.30. The van der Waals surface area contributed by atoms with E-state index in [9.17, 15) is 19.5 Å². The van der Waals surface area contributed by atoms with Crippen LogP contribution in [0, 0.1) is 0 Å². The molecule has 21 heavy (non-hydrogen) atoms. The van der Waals surface area contributed by atoms with Crippen molar-refractivity contribution >= 4 is 29.1 Å². The van der Waals surface area contributed by atoms with Crippen LogP contribution >= 0.6 is 11.3 Å². The Morgan fingerprint density at radius 3 is 2.62 bits per heavy atom. The van der Waals surface area contributed by atoms with E-state index < -0.39 is 17.4 Å². The molecular formula is C13H16N2O5S. The Labute approximate surface area is 125 Å². The third-order valence-corrected chi connectivity index (χ3v) is 4.16. The van der Waals surface area contributed by atoms with Crippen molar-refractivity contribution in [3.63, 3.8) is 0 Å². The van der Waals surface area contributed by atoms with Crippen LogP contribution in [-0.4, -0.2) is 48.2 Å². The van der Waals surface area contributed by atoms with Gasteiger partial charge in [-0.05, 0) is 11.4 Å². The van der Waals surface area contributed by atoms with Crippen LogP contribution in [0.3, 0.4) is 0 Å². The first-order chi connectivity index (χ1) is 10.0. The van der Waals surface area contributed by atoms with E-state index in [1.807, 2.05) is 0 Å². The lowest BCUT2D eigenvalue weighted by Crippen LogP contribution is -2.59. The van der Waals surface area contributed by atoms with E-state index in [1.54, 1.807) is 17.5 Å². The van der Waals surface area contributed by atoms with Crippen LogP contribution in [-0.2, 0) is 14.3 Å². The first kappa shape index (κ1) is 15.5. The average molecular weight is 312 g/mol. The van der Waals surface area contributed by atoms with E-state index in [1.165, 1.54) is 11.3 Å². The fraction of sp³-hybridized carbons (Fsp3) is 0.462. The average Bonchev–Trinajstić information content (AvgIpc) is 3.00. The van der Waals surface area contributed by atoms with Crippen LogP contribution in [0.15, 0.2) is 17.5 Å². The molecule has 1 aromatic rings. The van der Waals surface area contributed by atoms with E-state index in [0.717, 1.165) is 0 Å². The molecular weight excluding hydrogens is 296 g/mol. The van der Waals surface area contributed by atoms with Gasteiger partial charge >= 0.3 is 5.97 Å². The largest absolute Gasteiger partial charge is 0.480 e. The van der Waals surface area contributed by atoms with Crippen molar-refractivity contribution in [2.75, 3.05) is 19.8 Å². The molecule has 114 valence electrons. The number of ether oxygens (including phenoxy) is 1. The zero-order valence-corrected chi connectivity index (χ0v) is 12.1. The van der Waals surface area contributed by atoms with Gasteiger partial charge in [0.05, 0.1) is 11.4 Å². The summed E-state index contributed by atoms with van der Waals surface area (Å²) in [6, 6.07) is 3.39. The van der Waals surface area contributed by atoms with Crippen molar-refractivity contribution in [1.29, 1.82) is 0 Å². The molecule has 0 atom stereocenters. The number of carbonyl (C=O) groups is 3. The first-order valence-electron chi connectivity index (χ1n) is 6.47. The third kappa shape index (κ3) is 3.79. The third-order valence-electron chi connectivity index (χ3n) is 3.29. The fourth-order valence-corrected chi connectivity index (χ4v) is 2.72. The SMILES string of the molecule is O=C(CNC(=O)c1cccs1)NC1(C(=O)O)CCOCC1. The van der Waals surface area contributed by atoms with Gasteiger partial charge in [0.25, 0.3) is 5.91 Å². The highest BCUT2D eigenvalue weighted by Crippen LogP contribution is 2.20. The topological polar surface area (TPSA) is 105 Å². The lowest BCUT2D eigenvalue weighted by molar-refractivity contribution is -0.151. The number of carboxylic acid groups (broad SMARTS) is 1. The van der Waals surface area contributed by atoms with Crippen molar-refractivity contribution in [3.05, 3.63) is 22.4 Å². The summed E-state index contributed by atoms with van der Waals surface area (Å²) >= 11 is 1.27. The van der Waals surface area contributed by atoms with Gasteiger partial charge in [0.15, 0.2) is 0 Å². The Morgan fingerprint density at radius 1 is 1.33 bits per heavy atom. The molecule has 1 aliphatic rings. The molecule has 0 saturated carbocycles. The lowest BCUT2D eigenvalue weighted by atomic mass is 9.90. The van der Waals surface area contributed by atoms with Crippen LogP contribution in [0.1, 0.15) is 22.5 Å². The zero-order valence-electron chi connectivity index (χ0n) is 11.3. The minimum Gasteiger partial charge on any atom is -0.480 e. The summed E-state index contributed by atoms with van der Waals surface area (Å²) < 4.78 is 5.12. The molecule has 0 radical (unpaired) electrons. The van der Waals surface area contributed by atoms with Crippen molar-refractivity contribution < 1.29 is 24.2 Å². The van der Waals surface area contributed by atoms with Crippen LogP contribution in [0.5, 0.6) is 0 Å². The summed E-state index contributed by atoms with van der Waals surface area (Å²) in [5.74, 6) is -1.95. The van der Waals surface area contributed by atoms with Gasteiger partial charge in [-0.2, -0.15) is 0 Å². The summed E-state index contributed by atoms with van der Waals surface area (Å²) in [6.07, 6.45) is 0.430. The number of hydrogen-bond donors (Lipinski definition) is 3. The van der Waals surface area contributed by atoms with Gasteiger partial charge in [-0.15, -0.1) is 11.3 Å². The predicted octanol–water partition coefficient (Wildman–Crippen LogP) is 0.228. The standard InChI is InChI=1S/C13H16N2O5S/c16-10(8-14-11(17)9-2-1-7-21-9)15-13(12(18)19)3-5-20-6-4-13/h1-2,7H,3-6,8H2,(H,14,17)(H,15,16)(H,18,19). The Bertz CT molecular complexity index is 523. The second-order valence-corrected chi connectivity index (χ2v) is 5.66. The van der Waals surface area contributed by atoms with Crippen molar-refractivity contribution in [1.82, 2.24) is 10.6 Å². The lowest BCUT2D eigenvalue weighted by Gasteiger charge is -2.33.